The van der Waals surface area contributed by atoms with Gasteiger partial charge in [0, 0.05) is 17.6 Å². The van der Waals surface area contributed by atoms with Crippen molar-refractivity contribution in [2.75, 3.05) is 31.0 Å². The third-order valence-corrected chi connectivity index (χ3v) is 8.39. The van der Waals surface area contributed by atoms with Gasteiger partial charge in [0.1, 0.15) is 10.7 Å². The molecule has 1 aliphatic heterocycles. The molecule has 1 fully saturated rings. The number of anilines is 1. The molecule has 3 rings (SSSR count). The van der Waals surface area contributed by atoms with Gasteiger partial charge in [0.15, 0.2) is 0 Å². The minimum absolute atomic E-state index is 0.00936. The van der Waals surface area contributed by atoms with Crippen LogP contribution < -0.4 is 4.72 Å². The average Bonchev–Trinajstić information content (AvgIpc) is 2.66. The maximum atomic E-state index is 14.3. The minimum atomic E-state index is -4.11. The predicted octanol–water partition coefficient (Wildman–Crippen LogP) is 2.72. The molecule has 0 bridgehead atoms. The number of aryl methyl sites for hydroxylation is 1. The molecule has 1 N–H and O–H groups in total. The zero-order chi connectivity index (χ0) is 20.5. The second kappa shape index (κ2) is 8.07. The number of halogens is 2. The van der Waals surface area contributed by atoms with Crippen molar-refractivity contribution >= 4 is 41.7 Å². The number of ether oxygens (including phenoxy) is 1. The van der Waals surface area contributed by atoms with E-state index in [-0.39, 0.29) is 36.9 Å². The summed E-state index contributed by atoms with van der Waals surface area (Å²) in [5.74, 6) is -0.950. The first-order valence-electron chi connectivity index (χ1n) is 8.28. The van der Waals surface area contributed by atoms with Crippen LogP contribution in [0.5, 0.6) is 0 Å². The van der Waals surface area contributed by atoms with Gasteiger partial charge in [0.05, 0.1) is 23.8 Å². The molecule has 0 saturated carbocycles. The van der Waals surface area contributed by atoms with E-state index in [1.54, 1.807) is 13.0 Å². The molecule has 0 aromatic heterocycles. The van der Waals surface area contributed by atoms with Crippen LogP contribution >= 0.6 is 15.9 Å². The van der Waals surface area contributed by atoms with Gasteiger partial charge in [-0.3, -0.25) is 4.72 Å². The molecule has 0 spiro atoms. The molecule has 0 aliphatic carbocycles. The number of hydrogen-bond donors (Lipinski definition) is 1. The quantitative estimate of drug-likeness (QED) is 0.692. The highest BCUT2D eigenvalue weighted by atomic mass is 79.9. The summed E-state index contributed by atoms with van der Waals surface area (Å²) in [6, 6.07) is 7.58. The normalized spacial score (nSPS) is 16.1. The Hall–Kier alpha value is -1.53. The van der Waals surface area contributed by atoms with Crippen molar-refractivity contribution < 1.29 is 26.0 Å². The monoisotopic (exact) mass is 492 g/mol. The molecule has 2 aromatic carbocycles. The molecule has 1 heterocycles. The van der Waals surface area contributed by atoms with E-state index in [0.717, 1.165) is 26.5 Å². The lowest BCUT2D eigenvalue weighted by molar-refractivity contribution is 0.0729. The highest BCUT2D eigenvalue weighted by Crippen LogP contribution is 2.26. The van der Waals surface area contributed by atoms with Crippen LogP contribution in [0.1, 0.15) is 5.56 Å². The zero-order valence-corrected chi connectivity index (χ0v) is 18.1. The molecule has 1 aliphatic rings. The van der Waals surface area contributed by atoms with Crippen molar-refractivity contribution in [3.05, 3.63) is 52.3 Å². The molecule has 152 valence electrons. The predicted molar refractivity (Wildman–Crippen MR) is 106 cm³/mol. The van der Waals surface area contributed by atoms with Crippen LogP contribution in [0.15, 0.2) is 50.7 Å². The SMILES string of the molecule is Cc1cc(S(=O)(=O)Nc2ccc(F)c(S(=O)(=O)N3CCOCC3)c2)ccc1Br. The van der Waals surface area contributed by atoms with Gasteiger partial charge in [0.25, 0.3) is 10.0 Å². The lowest BCUT2D eigenvalue weighted by Gasteiger charge is -2.26. The third-order valence-electron chi connectivity index (χ3n) is 4.21. The smallest absolute Gasteiger partial charge is 0.261 e. The van der Waals surface area contributed by atoms with Crippen LogP contribution in [0.25, 0.3) is 0 Å². The van der Waals surface area contributed by atoms with E-state index in [9.17, 15) is 21.2 Å². The minimum Gasteiger partial charge on any atom is -0.379 e. The topological polar surface area (TPSA) is 92.8 Å². The van der Waals surface area contributed by atoms with Crippen molar-refractivity contribution in [3.63, 3.8) is 0 Å². The average molecular weight is 493 g/mol. The summed E-state index contributed by atoms with van der Waals surface area (Å²) in [6.45, 7) is 2.39. The number of morpholine rings is 1. The van der Waals surface area contributed by atoms with Crippen molar-refractivity contribution in [2.24, 2.45) is 0 Å². The lowest BCUT2D eigenvalue weighted by atomic mass is 10.2. The fraction of sp³-hybridized carbons (Fsp3) is 0.294. The second-order valence-electron chi connectivity index (χ2n) is 6.18. The maximum Gasteiger partial charge on any atom is 0.261 e. The van der Waals surface area contributed by atoms with Crippen LogP contribution in [-0.2, 0) is 24.8 Å². The zero-order valence-electron chi connectivity index (χ0n) is 14.9. The number of hydrogen-bond acceptors (Lipinski definition) is 5. The third kappa shape index (κ3) is 4.38. The second-order valence-corrected chi connectivity index (χ2v) is 10.6. The first kappa shape index (κ1) is 21.2. The highest BCUT2D eigenvalue weighted by Gasteiger charge is 2.29. The summed E-state index contributed by atoms with van der Waals surface area (Å²) in [4.78, 5) is -0.573. The first-order chi connectivity index (χ1) is 13.1. The Morgan fingerprint density at radius 3 is 2.39 bits per heavy atom. The van der Waals surface area contributed by atoms with Gasteiger partial charge in [-0.25, -0.2) is 21.2 Å². The van der Waals surface area contributed by atoms with Crippen molar-refractivity contribution in [1.82, 2.24) is 4.31 Å². The molecule has 28 heavy (non-hydrogen) atoms. The van der Waals surface area contributed by atoms with Gasteiger partial charge < -0.3 is 4.74 Å². The Morgan fingerprint density at radius 2 is 1.75 bits per heavy atom. The van der Waals surface area contributed by atoms with Gasteiger partial charge in [-0.1, -0.05) is 15.9 Å². The fourth-order valence-electron chi connectivity index (χ4n) is 2.69. The van der Waals surface area contributed by atoms with Crippen LogP contribution in [0.4, 0.5) is 10.1 Å². The Balaban J connectivity index is 1.93. The first-order valence-corrected chi connectivity index (χ1v) is 12.0. The molecule has 0 atom stereocenters. The van der Waals surface area contributed by atoms with Crippen LogP contribution in [-0.4, -0.2) is 47.4 Å². The van der Waals surface area contributed by atoms with Crippen molar-refractivity contribution in [2.45, 2.75) is 16.7 Å². The number of nitrogens with one attached hydrogen (secondary N) is 1. The number of rotatable bonds is 5. The maximum absolute atomic E-state index is 14.3. The summed E-state index contributed by atoms with van der Waals surface area (Å²) < 4.78 is 74.2. The molecule has 2 aromatic rings. The van der Waals surface area contributed by atoms with Crippen LogP contribution in [0.2, 0.25) is 0 Å². The fourth-order valence-corrected chi connectivity index (χ4v) is 5.57. The van der Waals surface area contributed by atoms with Gasteiger partial charge in [0.2, 0.25) is 10.0 Å². The van der Waals surface area contributed by atoms with Crippen molar-refractivity contribution in [3.8, 4) is 0 Å². The van der Waals surface area contributed by atoms with Crippen LogP contribution in [0, 0.1) is 12.7 Å². The van der Waals surface area contributed by atoms with E-state index in [2.05, 4.69) is 20.7 Å². The standard InChI is InChI=1S/C17H18BrFN2O5S2/c1-12-10-14(3-4-15(12)18)27(22,23)20-13-2-5-16(19)17(11-13)28(24,25)21-6-8-26-9-7-21/h2-5,10-11,20H,6-9H2,1H3. The Labute approximate surface area is 171 Å². The molecule has 0 unspecified atom stereocenters. The Bertz CT molecular complexity index is 1100. The molecular weight excluding hydrogens is 475 g/mol. The molecule has 0 amide bonds. The summed E-state index contributed by atoms with van der Waals surface area (Å²) in [5.41, 5.74) is 0.673. The van der Waals surface area contributed by atoms with Crippen molar-refractivity contribution in [1.29, 1.82) is 0 Å². The van der Waals surface area contributed by atoms with E-state index in [4.69, 9.17) is 4.74 Å². The summed E-state index contributed by atoms with van der Waals surface area (Å²) in [6.07, 6.45) is 0. The molecule has 11 heteroatoms. The largest absolute Gasteiger partial charge is 0.379 e. The van der Waals surface area contributed by atoms with E-state index in [1.807, 2.05) is 0 Å². The van der Waals surface area contributed by atoms with E-state index >= 15 is 0 Å². The van der Waals surface area contributed by atoms with E-state index in [0.29, 0.717) is 0 Å². The van der Waals surface area contributed by atoms with Gasteiger partial charge >= 0.3 is 0 Å². The van der Waals surface area contributed by atoms with E-state index in [1.165, 1.54) is 18.2 Å². The summed E-state index contributed by atoms with van der Waals surface area (Å²) in [7, 11) is -8.08. The van der Waals surface area contributed by atoms with E-state index < -0.39 is 30.8 Å². The molecule has 0 radical (unpaired) electrons. The Kier molecular flexibility index (Phi) is 6.11. The molecular formula is C17H18BrFN2O5S2. The molecule has 7 nitrogen and oxygen atoms in total. The number of sulfonamides is 2. The highest BCUT2D eigenvalue weighted by molar-refractivity contribution is 9.10. The summed E-state index contributed by atoms with van der Waals surface area (Å²) in [5, 5.41) is 0. The Morgan fingerprint density at radius 1 is 1.07 bits per heavy atom. The number of benzene rings is 2. The molecule has 1 saturated heterocycles. The number of nitrogens with zero attached hydrogens (tertiary/aromatic N) is 1. The van der Waals surface area contributed by atoms with Gasteiger partial charge in [-0.15, -0.1) is 0 Å². The van der Waals surface area contributed by atoms with Gasteiger partial charge in [-0.05, 0) is 48.9 Å². The lowest BCUT2D eigenvalue weighted by Crippen LogP contribution is -2.40. The van der Waals surface area contributed by atoms with Gasteiger partial charge in [-0.2, -0.15) is 4.31 Å². The van der Waals surface area contributed by atoms with Crippen LogP contribution in [0.3, 0.4) is 0 Å². The summed E-state index contributed by atoms with van der Waals surface area (Å²) >= 11 is 3.30.